The Balaban J connectivity index is 2.18. The highest BCUT2D eigenvalue weighted by molar-refractivity contribution is 6.33. The van der Waals surface area contributed by atoms with Crippen LogP contribution in [0.25, 0.3) is 11.3 Å². The molecule has 1 saturated heterocycles. The second-order valence-corrected chi connectivity index (χ2v) is 6.07. The smallest absolute Gasteiger partial charge is 0.417 e. The monoisotopic (exact) mass is 374 g/mol. The molecule has 0 amide bonds. The van der Waals surface area contributed by atoms with Gasteiger partial charge in [0, 0.05) is 18.4 Å². The molecule has 9 heteroatoms. The highest BCUT2D eigenvalue weighted by Crippen LogP contribution is 2.41. The van der Waals surface area contributed by atoms with Crippen molar-refractivity contribution in [3.63, 3.8) is 0 Å². The number of hydrogen-bond acceptors (Lipinski definition) is 3. The highest BCUT2D eigenvalue weighted by Gasteiger charge is 2.36. The van der Waals surface area contributed by atoms with Gasteiger partial charge in [-0.2, -0.15) is 18.3 Å². The van der Waals surface area contributed by atoms with Crippen LogP contribution in [-0.2, 0) is 10.9 Å². The van der Waals surface area contributed by atoms with Gasteiger partial charge < -0.3 is 9.84 Å². The van der Waals surface area contributed by atoms with E-state index in [0.717, 1.165) is 18.9 Å². The van der Waals surface area contributed by atoms with Crippen molar-refractivity contribution in [2.75, 3.05) is 6.61 Å². The Morgan fingerprint density at radius 1 is 1.36 bits per heavy atom. The lowest BCUT2D eigenvalue weighted by molar-refractivity contribution is -0.137. The summed E-state index contributed by atoms with van der Waals surface area (Å²) in [5, 5.41) is 12.8. The maximum Gasteiger partial charge on any atom is 0.417 e. The molecule has 1 N–H and O–H groups in total. The van der Waals surface area contributed by atoms with Gasteiger partial charge >= 0.3 is 12.1 Å². The molecule has 0 saturated carbocycles. The molecule has 3 rings (SSSR count). The minimum atomic E-state index is -4.70. The second kappa shape index (κ2) is 6.68. The second-order valence-electron chi connectivity index (χ2n) is 5.66. The average Bonchev–Trinajstić information content (AvgIpc) is 3.03. The van der Waals surface area contributed by atoms with Crippen LogP contribution >= 0.6 is 11.6 Å². The van der Waals surface area contributed by atoms with Gasteiger partial charge in [-0.1, -0.05) is 11.6 Å². The van der Waals surface area contributed by atoms with Crippen molar-refractivity contribution in [3.05, 3.63) is 40.5 Å². The Morgan fingerprint density at radius 2 is 2.12 bits per heavy atom. The number of aromatic carboxylic acids is 1. The Labute approximate surface area is 146 Å². The van der Waals surface area contributed by atoms with Gasteiger partial charge in [-0.25, -0.2) is 9.48 Å². The van der Waals surface area contributed by atoms with Gasteiger partial charge in [-0.15, -0.1) is 0 Å². The zero-order valence-corrected chi connectivity index (χ0v) is 13.6. The molecule has 1 aliphatic heterocycles. The van der Waals surface area contributed by atoms with Crippen LogP contribution < -0.4 is 0 Å². The minimum Gasteiger partial charge on any atom is -0.478 e. The van der Waals surface area contributed by atoms with E-state index in [1.165, 1.54) is 16.9 Å². The van der Waals surface area contributed by atoms with Crippen molar-refractivity contribution in [3.8, 4) is 11.3 Å². The fourth-order valence-electron chi connectivity index (χ4n) is 2.86. The lowest BCUT2D eigenvalue weighted by Crippen LogP contribution is -2.20. The van der Waals surface area contributed by atoms with Crippen LogP contribution in [-0.4, -0.2) is 27.5 Å². The number of alkyl halides is 3. The van der Waals surface area contributed by atoms with Crippen LogP contribution in [0.2, 0.25) is 5.02 Å². The summed E-state index contributed by atoms with van der Waals surface area (Å²) >= 11 is 5.72. The number of ether oxygens (including phenoxy) is 1. The molecule has 1 aliphatic rings. The van der Waals surface area contributed by atoms with E-state index in [0.29, 0.717) is 19.1 Å². The van der Waals surface area contributed by atoms with Crippen molar-refractivity contribution in [2.24, 2.45) is 0 Å². The maximum absolute atomic E-state index is 13.5. The van der Waals surface area contributed by atoms with Crippen molar-refractivity contribution in [1.82, 2.24) is 9.78 Å². The van der Waals surface area contributed by atoms with Gasteiger partial charge in [0.25, 0.3) is 0 Å². The van der Waals surface area contributed by atoms with E-state index >= 15 is 0 Å². The van der Waals surface area contributed by atoms with Crippen molar-refractivity contribution in [1.29, 1.82) is 0 Å². The van der Waals surface area contributed by atoms with Gasteiger partial charge in [0.1, 0.15) is 0 Å². The predicted octanol–water partition coefficient (Wildman–Crippen LogP) is 4.62. The fraction of sp³-hybridized carbons (Fsp3) is 0.375. The standard InChI is InChI=1S/C16H14ClF3N2O3/c17-12-8-11(16(18,19)20)9(7-10(12)15(23)24)13-4-5-21-22(13)14-3-1-2-6-25-14/h4-5,7-8,14H,1-3,6H2,(H,23,24). The third-order valence-corrected chi connectivity index (χ3v) is 4.33. The summed E-state index contributed by atoms with van der Waals surface area (Å²) in [5.41, 5.74) is -1.57. The lowest BCUT2D eigenvalue weighted by Gasteiger charge is -2.25. The molecule has 0 spiro atoms. The third-order valence-electron chi connectivity index (χ3n) is 4.02. The molecule has 25 heavy (non-hydrogen) atoms. The summed E-state index contributed by atoms with van der Waals surface area (Å²) in [5.74, 6) is -1.40. The first-order valence-corrected chi connectivity index (χ1v) is 7.96. The van der Waals surface area contributed by atoms with Crippen LogP contribution in [0, 0.1) is 0 Å². The van der Waals surface area contributed by atoms with Crippen LogP contribution in [0.4, 0.5) is 13.2 Å². The number of carbonyl (C=O) groups is 1. The molecule has 0 bridgehead atoms. The van der Waals surface area contributed by atoms with E-state index in [2.05, 4.69) is 5.10 Å². The van der Waals surface area contributed by atoms with Crippen LogP contribution in [0.5, 0.6) is 0 Å². The number of halogens is 4. The molecule has 1 aromatic heterocycles. The largest absolute Gasteiger partial charge is 0.478 e. The normalized spacial score (nSPS) is 18.3. The summed E-state index contributed by atoms with van der Waals surface area (Å²) in [4.78, 5) is 11.3. The summed E-state index contributed by atoms with van der Waals surface area (Å²) in [6, 6.07) is 2.98. The van der Waals surface area contributed by atoms with Gasteiger partial charge in [0.05, 0.1) is 21.8 Å². The van der Waals surface area contributed by atoms with E-state index in [9.17, 15) is 23.1 Å². The molecule has 0 aliphatic carbocycles. The van der Waals surface area contributed by atoms with Crippen LogP contribution in [0.3, 0.4) is 0 Å². The number of carboxylic acids is 1. The first-order chi connectivity index (χ1) is 11.8. The zero-order chi connectivity index (χ0) is 18.2. The molecule has 134 valence electrons. The predicted molar refractivity (Wildman–Crippen MR) is 83.5 cm³/mol. The van der Waals surface area contributed by atoms with Crippen molar-refractivity contribution < 1.29 is 27.8 Å². The zero-order valence-electron chi connectivity index (χ0n) is 12.9. The van der Waals surface area contributed by atoms with E-state index in [-0.39, 0.29) is 11.3 Å². The average molecular weight is 375 g/mol. The summed E-state index contributed by atoms with van der Waals surface area (Å²) in [6.45, 7) is 0.497. The Kier molecular flexibility index (Phi) is 4.75. The third kappa shape index (κ3) is 3.50. The van der Waals surface area contributed by atoms with E-state index in [4.69, 9.17) is 16.3 Å². The van der Waals surface area contributed by atoms with Gasteiger partial charge in [-0.3, -0.25) is 0 Å². The van der Waals surface area contributed by atoms with E-state index in [1.54, 1.807) is 0 Å². The topological polar surface area (TPSA) is 64.3 Å². The lowest BCUT2D eigenvalue weighted by atomic mass is 10.00. The summed E-state index contributed by atoms with van der Waals surface area (Å²) in [7, 11) is 0. The summed E-state index contributed by atoms with van der Waals surface area (Å²) < 4.78 is 47.3. The van der Waals surface area contributed by atoms with Crippen molar-refractivity contribution in [2.45, 2.75) is 31.7 Å². The Morgan fingerprint density at radius 3 is 2.72 bits per heavy atom. The SMILES string of the molecule is O=C(O)c1cc(-c2ccnn2C2CCCCO2)c(C(F)(F)F)cc1Cl. The van der Waals surface area contributed by atoms with E-state index in [1.807, 2.05) is 0 Å². The first-order valence-electron chi connectivity index (χ1n) is 7.58. The van der Waals surface area contributed by atoms with Gasteiger partial charge in [-0.05, 0) is 37.5 Å². The fourth-order valence-corrected chi connectivity index (χ4v) is 3.10. The minimum absolute atomic E-state index is 0.137. The number of carboxylic acid groups (broad SMARTS) is 1. The van der Waals surface area contributed by atoms with Gasteiger partial charge in [0.2, 0.25) is 0 Å². The number of nitrogens with zero attached hydrogens (tertiary/aromatic N) is 2. The molecular formula is C16H14ClF3N2O3. The highest BCUT2D eigenvalue weighted by atomic mass is 35.5. The number of benzene rings is 1. The van der Waals surface area contributed by atoms with E-state index < -0.39 is 34.5 Å². The Hall–Kier alpha value is -2.06. The molecule has 1 aromatic carbocycles. The molecular weight excluding hydrogens is 361 g/mol. The Bertz CT molecular complexity index is 798. The molecule has 1 unspecified atom stereocenters. The molecule has 0 radical (unpaired) electrons. The number of rotatable bonds is 3. The molecule has 1 fully saturated rings. The van der Waals surface area contributed by atoms with Crippen LogP contribution in [0.15, 0.2) is 24.4 Å². The maximum atomic E-state index is 13.5. The first kappa shape index (κ1) is 17.8. The number of aromatic nitrogens is 2. The quantitative estimate of drug-likeness (QED) is 0.851. The summed E-state index contributed by atoms with van der Waals surface area (Å²) in [6.07, 6.45) is -1.44. The van der Waals surface area contributed by atoms with Crippen molar-refractivity contribution >= 4 is 17.6 Å². The van der Waals surface area contributed by atoms with Crippen LogP contribution in [0.1, 0.15) is 41.4 Å². The number of hydrogen-bond donors (Lipinski definition) is 1. The van der Waals surface area contributed by atoms with Gasteiger partial charge in [0.15, 0.2) is 6.23 Å². The molecule has 5 nitrogen and oxygen atoms in total. The molecule has 2 aromatic rings. The molecule has 1 atom stereocenters. The molecule has 2 heterocycles.